The summed E-state index contributed by atoms with van der Waals surface area (Å²) in [6.07, 6.45) is 4.91. The number of amides is 1. The van der Waals surface area contributed by atoms with Gasteiger partial charge in [0.25, 0.3) is 0 Å². The molecule has 25 heavy (non-hydrogen) atoms. The van der Waals surface area contributed by atoms with Crippen molar-refractivity contribution in [3.63, 3.8) is 0 Å². The Labute approximate surface area is 150 Å². The number of H-pyrrole nitrogens is 1. The first-order valence-electron chi connectivity index (χ1n) is 8.28. The maximum atomic E-state index is 12.4. The normalized spacial score (nSPS) is 13.5. The largest absolute Gasteiger partial charge is 0.353 e. The molecule has 7 heteroatoms. The molecule has 2 heterocycles. The van der Waals surface area contributed by atoms with Crippen LogP contribution < -0.4 is 5.32 Å². The molecule has 0 fully saturated rings. The summed E-state index contributed by atoms with van der Waals surface area (Å²) in [4.78, 5) is 27.9. The molecule has 0 bridgehead atoms. The van der Waals surface area contributed by atoms with E-state index < -0.39 is 0 Å². The topological polar surface area (TPSA) is 83.6 Å². The van der Waals surface area contributed by atoms with Crippen LogP contribution in [0.3, 0.4) is 0 Å². The third-order valence-corrected chi connectivity index (χ3v) is 5.04. The lowest BCUT2D eigenvalue weighted by atomic mass is 10.1. The van der Waals surface area contributed by atoms with Crippen molar-refractivity contribution in [3.05, 3.63) is 48.5 Å². The summed E-state index contributed by atoms with van der Waals surface area (Å²) in [7, 11) is 0. The van der Waals surface area contributed by atoms with Crippen molar-refractivity contribution in [3.8, 4) is 0 Å². The maximum Gasteiger partial charge on any atom is 0.233 e. The van der Waals surface area contributed by atoms with Gasteiger partial charge in [0.05, 0.1) is 11.6 Å². The summed E-state index contributed by atoms with van der Waals surface area (Å²) >= 11 is 1.41. The molecule has 2 N–H and O–H groups in total. The summed E-state index contributed by atoms with van der Waals surface area (Å²) in [5, 5.41) is 3.57. The number of imidazole rings is 1. The van der Waals surface area contributed by atoms with Gasteiger partial charge in [0.15, 0.2) is 5.65 Å². The third-order valence-electron chi connectivity index (χ3n) is 3.94. The monoisotopic (exact) mass is 355 g/mol. The minimum Gasteiger partial charge on any atom is -0.353 e. The van der Waals surface area contributed by atoms with Crippen molar-refractivity contribution in [1.82, 2.24) is 25.3 Å². The Balaban J connectivity index is 1.52. The molecular weight excluding hydrogens is 334 g/mol. The molecule has 0 aliphatic rings. The summed E-state index contributed by atoms with van der Waals surface area (Å²) in [5.41, 5.74) is 2.67. The van der Waals surface area contributed by atoms with Gasteiger partial charge in [-0.05, 0) is 32.3 Å². The number of carbonyl (C=O) groups excluding carboxylic acids is 1. The first kappa shape index (κ1) is 17.4. The summed E-state index contributed by atoms with van der Waals surface area (Å²) < 4.78 is 0. The van der Waals surface area contributed by atoms with Gasteiger partial charge in [-0.15, -0.1) is 0 Å². The number of fused-ring (bicyclic) bond motifs is 1. The zero-order valence-electron chi connectivity index (χ0n) is 14.3. The zero-order chi connectivity index (χ0) is 17.6. The Kier molecular flexibility index (Phi) is 5.65. The average Bonchev–Trinajstić information content (AvgIpc) is 3.10. The lowest BCUT2D eigenvalue weighted by molar-refractivity contribution is -0.120. The molecular formula is C18H21N5OS. The van der Waals surface area contributed by atoms with E-state index >= 15 is 0 Å². The molecule has 3 rings (SSSR count). The van der Waals surface area contributed by atoms with Crippen LogP contribution in [0.5, 0.6) is 0 Å². The molecule has 1 aromatic carbocycles. The van der Waals surface area contributed by atoms with Gasteiger partial charge < -0.3 is 10.3 Å². The standard InChI is InChI=1S/C18H21N5OS/c1-12(8-9-14-6-4-3-5-7-14)23-17(24)13(2)25-18-15-16(20-10-19-15)21-11-22-18/h3-7,10-13H,8-9H2,1-2H3,(H,23,24)(H,19,20,21,22)/t12-,13+/m0/s1. The molecule has 2 atom stereocenters. The van der Waals surface area contributed by atoms with E-state index in [1.165, 1.54) is 23.7 Å². The minimum absolute atomic E-state index is 0.0110. The first-order valence-corrected chi connectivity index (χ1v) is 9.16. The molecule has 2 aromatic heterocycles. The molecule has 1 amide bonds. The molecule has 0 aliphatic carbocycles. The second-order valence-corrected chi connectivity index (χ2v) is 7.30. The average molecular weight is 355 g/mol. The number of carbonyl (C=O) groups is 1. The van der Waals surface area contributed by atoms with Crippen LogP contribution in [0.25, 0.3) is 11.2 Å². The molecule has 3 aromatic rings. The number of hydrogen-bond donors (Lipinski definition) is 2. The number of benzene rings is 1. The number of rotatable bonds is 7. The van der Waals surface area contributed by atoms with Crippen LogP contribution in [0, 0.1) is 0 Å². The summed E-state index contributed by atoms with van der Waals surface area (Å²) in [5.74, 6) is 0.0110. The fourth-order valence-electron chi connectivity index (χ4n) is 2.51. The lowest BCUT2D eigenvalue weighted by Crippen LogP contribution is -2.37. The van der Waals surface area contributed by atoms with Gasteiger partial charge >= 0.3 is 0 Å². The highest BCUT2D eigenvalue weighted by atomic mass is 32.2. The number of aromatic amines is 1. The summed E-state index contributed by atoms with van der Waals surface area (Å²) in [6, 6.07) is 10.4. The Hall–Kier alpha value is -2.41. The quantitative estimate of drug-likeness (QED) is 0.503. The highest BCUT2D eigenvalue weighted by Gasteiger charge is 2.19. The second kappa shape index (κ2) is 8.11. The number of aromatic nitrogens is 4. The van der Waals surface area contributed by atoms with Crippen molar-refractivity contribution in [2.75, 3.05) is 0 Å². The van der Waals surface area contributed by atoms with Crippen molar-refractivity contribution < 1.29 is 4.79 Å². The van der Waals surface area contributed by atoms with Gasteiger partial charge in [0, 0.05) is 6.04 Å². The van der Waals surface area contributed by atoms with Crippen LogP contribution in [0.2, 0.25) is 0 Å². The number of aryl methyl sites for hydroxylation is 1. The number of hydrogen-bond acceptors (Lipinski definition) is 5. The van der Waals surface area contributed by atoms with Crippen molar-refractivity contribution in [1.29, 1.82) is 0 Å². The van der Waals surface area contributed by atoms with Gasteiger partial charge in [-0.1, -0.05) is 42.1 Å². The van der Waals surface area contributed by atoms with Crippen LogP contribution >= 0.6 is 11.8 Å². The van der Waals surface area contributed by atoms with E-state index in [4.69, 9.17) is 0 Å². The molecule has 130 valence electrons. The van der Waals surface area contributed by atoms with E-state index in [-0.39, 0.29) is 17.2 Å². The predicted molar refractivity (Wildman–Crippen MR) is 99.4 cm³/mol. The minimum atomic E-state index is -0.249. The number of thioether (sulfide) groups is 1. The van der Waals surface area contributed by atoms with Crippen molar-refractivity contribution >= 4 is 28.8 Å². The Morgan fingerprint density at radius 1 is 1.20 bits per heavy atom. The Morgan fingerprint density at radius 3 is 2.80 bits per heavy atom. The Morgan fingerprint density at radius 2 is 2.00 bits per heavy atom. The molecule has 0 saturated carbocycles. The highest BCUT2D eigenvalue weighted by molar-refractivity contribution is 8.00. The first-order chi connectivity index (χ1) is 12.1. The van der Waals surface area contributed by atoms with Gasteiger partial charge in [0.1, 0.15) is 16.9 Å². The van der Waals surface area contributed by atoms with Crippen LogP contribution in [-0.4, -0.2) is 37.1 Å². The van der Waals surface area contributed by atoms with E-state index in [1.54, 1.807) is 6.33 Å². The molecule has 0 radical (unpaired) electrons. The van der Waals surface area contributed by atoms with Gasteiger partial charge in [0.2, 0.25) is 5.91 Å². The van der Waals surface area contributed by atoms with E-state index in [9.17, 15) is 4.79 Å². The van der Waals surface area contributed by atoms with E-state index in [0.717, 1.165) is 23.4 Å². The van der Waals surface area contributed by atoms with E-state index in [0.29, 0.717) is 5.65 Å². The maximum absolute atomic E-state index is 12.4. The van der Waals surface area contributed by atoms with Gasteiger partial charge in [-0.2, -0.15) is 0 Å². The van der Waals surface area contributed by atoms with E-state index in [2.05, 4.69) is 37.4 Å². The Bertz CT molecular complexity index is 836. The second-order valence-electron chi connectivity index (χ2n) is 5.97. The SMILES string of the molecule is C[C@@H](CCc1ccccc1)NC(=O)[C@@H](C)Sc1ncnc2nc[nH]c12. The predicted octanol–water partition coefficient (Wildman–Crippen LogP) is 2.97. The lowest BCUT2D eigenvalue weighted by Gasteiger charge is -2.17. The molecule has 6 nitrogen and oxygen atoms in total. The van der Waals surface area contributed by atoms with E-state index in [1.807, 2.05) is 32.0 Å². The van der Waals surface area contributed by atoms with Crippen molar-refractivity contribution in [2.45, 2.75) is 43.0 Å². The number of nitrogens with zero attached hydrogens (tertiary/aromatic N) is 3. The van der Waals surface area contributed by atoms with Crippen LogP contribution in [0.1, 0.15) is 25.8 Å². The summed E-state index contributed by atoms with van der Waals surface area (Å²) in [6.45, 7) is 3.92. The molecule has 0 aliphatic heterocycles. The molecule has 0 unspecified atom stereocenters. The molecule has 0 saturated heterocycles. The smallest absolute Gasteiger partial charge is 0.233 e. The van der Waals surface area contributed by atoms with Gasteiger partial charge in [-0.25, -0.2) is 15.0 Å². The fraction of sp³-hybridized carbons (Fsp3) is 0.333. The van der Waals surface area contributed by atoms with Crippen molar-refractivity contribution in [2.24, 2.45) is 0 Å². The van der Waals surface area contributed by atoms with Crippen LogP contribution in [0.4, 0.5) is 0 Å². The fourth-order valence-corrected chi connectivity index (χ4v) is 3.40. The van der Waals surface area contributed by atoms with Gasteiger partial charge in [-0.3, -0.25) is 4.79 Å². The third kappa shape index (κ3) is 4.57. The highest BCUT2D eigenvalue weighted by Crippen LogP contribution is 2.26. The molecule has 0 spiro atoms. The number of nitrogens with one attached hydrogen (secondary N) is 2. The zero-order valence-corrected chi connectivity index (χ0v) is 15.1. The van der Waals surface area contributed by atoms with Crippen LogP contribution in [-0.2, 0) is 11.2 Å². The van der Waals surface area contributed by atoms with Crippen LogP contribution in [0.15, 0.2) is 48.0 Å².